The van der Waals surface area contributed by atoms with E-state index in [4.69, 9.17) is 11.6 Å². The lowest BCUT2D eigenvalue weighted by Gasteiger charge is -2.34. The number of amides is 2. The Hall–Kier alpha value is -2.03. The normalized spacial score (nSPS) is 15.3. The minimum atomic E-state index is -0.207. The fourth-order valence-corrected chi connectivity index (χ4v) is 4.08. The van der Waals surface area contributed by atoms with Crippen molar-refractivity contribution in [2.24, 2.45) is 0 Å². The van der Waals surface area contributed by atoms with Crippen LogP contribution in [0.25, 0.3) is 0 Å². The summed E-state index contributed by atoms with van der Waals surface area (Å²) in [6.07, 6.45) is 0.349. The zero-order valence-electron chi connectivity index (χ0n) is 17.7. The quantitative estimate of drug-likeness (QED) is 0.729. The van der Waals surface area contributed by atoms with E-state index >= 15 is 0 Å². The van der Waals surface area contributed by atoms with Crippen LogP contribution in [0, 0.1) is 0 Å². The molecule has 1 aliphatic heterocycles. The number of hydrogen-bond donors (Lipinski definition) is 1. The Morgan fingerprint density at radius 3 is 2.33 bits per heavy atom. The Kier molecular flexibility index (Phi) is 7.44. The molecule has 2 aromatic rings. The highest BCUT2D eigenvalue weighted by Crippen LogP contribution is 2.27. The SMILES string of the molecule is CC(C)(C)c1nnc(NC(=O)CCC(=O)N2CCN(Cc3ccc(Cl)cc3)CC2)s1. The van der Waals surface area contributed by atoms with Crippen LogP contribution in [-0.4, -0.2) is 58.0 Å². The Labute approximate surface area is 186 Å². The first-order valence-electron chi connectivity index (χ1n) is 10.1. The average molecular weight is 450 g/mol. The van der Waals surface area contributed by atoms with Crippen molar-refractivity contribution in [2.75, 3.05) is 31.5 Å². The molecule has 2 heterocycles. The van der Waals surface area contributed by atoms with Crippen LogP contribution in [0.4, 0.5) is 5.13 Å². The first-order chi connectivity index (χ1) is 14.2. The van der Waals surface area contributed by atoms with Gasteiger partial charge in [0.2, 0.25) is 16.9 Å². The van der Waals surface area contributed by atoms with Crippen LogP contribution in [0.3, 0.4) is 0 Å². The largest absolute Gasteiger partial charge is 0.340 e. The second kappa shape index (κ2) is 9.85. The lowest BCUT2D eigenvalue weighted by atomic mass is 9.98. The smallest absolute Gasteiger partial charge is 0.226 e. The minimum Gasteiger partial charge on any atom is -0.340 e. The maximum absolute atomic E-state index is 12.5. The molecular weight excluding hydrogens is 422 g/mol. The summed E-state index contributed by atoms with van der Waals surface area (Å²) in [5.74, 6) is -0.190. The molecule has 2 amide bonds. The summed E-state index contributed by atoms with van der Waals surface area (Å²) in [5, 5.41) is 13.0. The number of rotatable bonds is 6. The van der Waals surface area contributed by atoms with Gasteiger partial charge < -0.3 is 10.2 Å². The summed E-state index contributed by atoms with van der Waals surface area (Å²) in [6, 6.07) is 7.85. The Balaban J connectivity index is 1.38. The number of halogens is 1. The van der Waals surface area contributed by atoms with E-state index in [1.165, 1.54) is 16.9 Å². The van der Waals surface area contributed by atoms with Crippen molar-refractivity contribution in [3.05, 3.63) is 39.9 Å². The van der Waals surface area contributed by atoms with Gasteiger partial charge in [0.25, 0.3) is 0 Å². The second-order valence-corrected chi connectivity index (χ2v) is 9.91. The van der Waals surface area contributed by atoms with E-state index < -0.39 is 0 Å². The van der Waals surface area contributed by atoms with Crippen molar-refractivity contribution >= 4 is 39.9 Å². The molecule has 9 heteroatoms. The summed E-state index contributed by atoms with van der Waals surface area (Å²) < 4.78 is 0. The number of nitrogens with zero attached hydrogens (tertiary/aromatic N) is 4. The summed E-state index contributed by atoms with van der Waals surface area (Å²) >= 11 is 7.30. The number of carbonyl (C=O) groups is 2. The van der Waals surface area contributed by atoms with Gasteiger partial charge in [-0.15, -0.1) is 10.2 Å². The molecule has 1 fully saturated rings. The van der Waals surface area contributed by atoms with Crippen LogP contribution in [0.5, 0.6) is 0 Å². The molecule has 1 aromatic heterocycles. The molecule has 1 N–H and O–H groups in total. The average Bonchev–Trinajstić information content (AvgIpc) is 3.17. The molecule has 1 saturated heterocycles. The van der Waals surface area contributed by atoms with E-state index in [0.29, 0.717) is 18.2 Å². The molecule has 1 aromatic carbocycles. The van der Waals surface area contributed by atoms with Gasteiger partial charge in [-0.2, -0.15) is 0 Å². The van der Waals surface area contributed by atoms with Gasteiger partial charge >= 0.3 is 0 Å². The van der Waals surface area contributed by atoms with Crippen molar-refractivity contribution in [3.63, 3.8) is 0 Å². The minimum absolute atomic E-state index is 0.0175. The van der Waals surface area contributed by atoms with E-state index in [2.05, 4.69) is 20.4 Å². The first kappa shape index (κ1) is 22.7. The molecule has 0 spiro atoms. The molecular formula is C21H28ClN5O2S. The van der Waals surface area contributed by atoms with Gasteiger partial charge in [-0.25, -0.2) is 0 Å². The van der Waals surface area contributed by atoms with E-state index in [1.54, 1.807) is 0 Å². The van der Waals surface area contributed by atoms with E-state index in [-0.39, 0.29) is 30.1 Å². The third-order valence-electron chi connectivity index (χ3n) is 4.92. The molecule has 0 atom stereocenters. The predicted molar refractivity (Wildman–Crippen MR) is 120 cm³/mol. The number of carbonyl (C=O) groups excluding carboxylic acids is 2. The van der Waals surface area contributed by atoms with Crippen LogP contribution in [-0.2, 0) is 21.5 Å². The molecule has 3 rings (SSSR count). The van der Waals surface area contributed by atoms with Crippen molar-refractivity contribution < 1.29 is 9.59 Å². The fraction of sp³-hybridized carbons (Fsp3) is 0.524. The molecule has 162 valence electrons. The van der Waals surface area contributed by atoms with Crippen LogP contribution in [0.1, 0.15) is 44.2 Å². The molecule has 0 saturated carbocycles. The number of piperazine rings is 1. The number of anilines is 1. The summed E-state index contributed by atoms with van der Waals surface area (Å²) in [4.78, 5) is 28.8. The molecule has 30 heavy (non-hydrogen) atoms. The maximum Gasteiger partial charge on any atom is 0.226 e. The third kappa shape index (κ3) is 6.48. The molecule has 7 nitrogen and oxygen atoms in total. The van der Waals surface area contributed by atoms with E-state index in [1.807, 2.05) is 49.9 Å². The van der Waals surface area contributed by atoms with E-state index in [9.17, 15) is 9.59 Å². The van der Waals surface area contributed by atoms with Crippen LogP contribution in [0.15, 0.2) is 24.3 Å². The van der Waals surface area contributed by atoms with Crippen LogP contribution >= 0.6 is 22.9 Å². The zero-order valence-corrected chi connectivity index (χ0v) is 19.2. The highest BCUT2D eigenvalue weighted by atomic mass is 35.5. The lowest BCUT2D eigenvalue weighted by molar-refractivity contribution is -0.134. The summed E-state index contributed by atoms with van der Waals surface area (Å²) in [6.45, 7) is 9.99. The zero-order chi connectivity index (χ0) is 21.7. The van der Waals surface area contributed by atoms with E-state index in [0.717, 1.165) is 29.7 Å². The molecule has 0 aliphatic carbocycles. The molecule has 1 aliphatic rings. The molecule has 0 radical (unpaired) electrons. The third-order valence-corrected chi connectivity index (χ3v) is 6.44. The van der Waals surface area contributed by atoms with Crippen LogP contribution in [0.2, 0.25) is 5.02 Å². The highest BCUT2D eigenvalue weighted by molar-refractivity contribution is 7.15. The van der Waals surface area contributed by atoms with Crippen molar-refractivity contribution in [1.29, 1.82) is 0 Å². The first-order valence-corrected chi connectivity index (χ1v) is 11.3. The number of hydrogen-bond acceptors (Lipinski definition) is 6. The van der Waals surface area contributed by atoms with Crippen molar-refractivity contribution in [2.45, 2.75) is 45.6 Å². The van der Waals surface area contributed by atoms with Gasteiger partial charge in [0.05, 0.1) is 0 Å². The van der Waals surface area contributed by atoms with Gasteiger partial charge in [-0.3, -0.25) is 14.5 Å². The van der Waals surface area contributed by atoms with Gasteiger partial charge in [-0.05, 0) is 17.7 Å². The Morgan fingerprint density at radius 2 is 1.73 bits per heavy atom. The van der Waals surface area contributed by atoms with Crippen LogP contribution < -0.4 is 5.32 Å². The standard InChI is InChI=1S/C21H28ClN5O2S/c1-21(2,3)19-24-25-20(30-19)23-17(28)8-9-18(29)27-12-10-26(11-13-27)14-15-4-6-16(22)7-5-15/h4-7H,8-14H2,1-3H3,(H,23,25,28). The van der Waals surface area contributed by atoms with Gasteiger partial charge in [-0.1, -0.05) is 55.8 Å². The number of nitrogens with one attached hydrogen (secondary N) is 1. The van der Waals surface area contributed by atoms with Gasteiger partial charge in [0.15, 0.2) is 0 Å². The highest BCUT2D eigenvalue weighted by Gasteiger charge is 2.23. The van der Waals surface area contributed by atoms with Gasteiger partial charge in [0.1, 0.15) is 5.01 Å². The van der Waals surface area contributed by atoms with Crippen molar-refractivity contribution in [1.82, 2.24) is 20.0 Å². The number of aromatic nitrogens is 2. The van der Waals surface area contributed by atoms with Crippen molar-refractivity contribution in [3.8, 4) is 0 Å². The Morgan fingerprint density at radius 1 is 1.07 bits per heavy atom. The molecule has 0 unspecified atom stereocenters. The summed E-state index contributed by atoms with van der Waals surface area (Å²) in [5.41, 5.74) is 1.11. The second-order valence-electron chi connectivity index (χ2n) is 8.49. The topological polar surface area (TPSA) is 78.4 Å². The summed E-state index contributed by atoms with van der Waals surface area (Å²) in [7, 11) is 0. The number of benzene rings is 1. The monoisotopic (exact) mass is 449 g/mol. The maximum atomic E-state index is 12.5. The Bertz CT molecular complexity index is 870. The predicted octanol–water partition coefficient (Wildman–Crippen LogP) is 3.55. The fourth-order valence-electron chi connectivity index (χ4n) is 3.14. The lowest BCUT2D eigenvalue weighted by Crippen LogP contribution is -2.48. The van der Waals surface area contributed by atoms with Gasteiger partial charge in [0, 0.05) is 56.0 Å². The molecule has 0 bridgehead atoms.